The predicted molar refractivity (Wildman–Crippen MR) is 41.6 cm³/mol. The molecule has 52 valence electrons. The number of hydrogen-bond acceptors (Lipinski definition) is 1. The Morgan fingerprint density at radius 3 is 3.00 bits per heavy atom. The minimum atomic E-state index is 0.238. The molecule has 0 bridgehead atoms. The summed E-state index contributed by atoms with van der Waals surface area (Å²) in [6, 6.07) is 0. The van der Waals surface area contributed by atoms with Crippen molar-refractivity contribution in [1.29, 1.82) is 0 Å². The largest absolute Gasteiger partial charge is 0.303 e. The van der Waals surface area contributed by atoms with E-state index in [0.29, 0.717) is 6.42 Å². The average molecular weight is 134 g/mol. The van der Waals surface area contributed by atoms with Crippen LogP contribution < -0.4 is 0 Å². The first-order valence-electron chi connectivity index (χ1n) is 3.32. The maximum absolute atomic E-state index is 10.1. The molecule has 0 saturated heterocycles. The lowest BCUT2D eigenvalue weighted by Crippen LogP contribution is -2.00. The van der Waals surface area contributed by atoms with Gasteiger partial charge in [-0.25, -0.2) is 0 Å². The molecule has 0 aliphatic heterocycles. The molecule has 1 aliphatic rings. The van der Waals surface area contributed by atoms with Gasteiger partial charge in [0.1, 0.15) is 6.29 Å². The summed E-state index contributed by atoms with van der Waals surface area (Å²) in [5, 5.41) is 0. The molecule has 0 saturated carbocycles. The Morgan fingerprint density at radius 1 is 1.60 bits per heavy atom. The topological polar surface area (TPSA) is 17.1 Å². The summed E-state index contributed by atoms with van der Waals surface area (Å²) in [6.07, 6.45) is 9.30. The molecule has 0 N–H and O–H groups in total. The van der Waals surface area contributed by atoms with E-state index in [9.17, 15) is 4.79 Å². The van der Waals surface area contributed by atoms with E-state index in [1.807, 2.05) is 24.3 Å². The van der Waals surface area contributed by atoms with Crippen molar-refractivity contribution in [2.24, 2.45) is 5.92 Å². The third-order valence-corrected chi connectivity index (χ3v) is 1.59. The van der Waals surface area contributed by atoms with Gasteiger partial charge >= 0.3 is 0 Å². The number of allylic oxidation sites excluding steroid dienone is 5. The van der Waals surface area contributed by atoms with Crippen LogP contribution in [0.25, 0.3) is 0 Å². The van der Waals surface area contributed by atoms with Crippen LogP contribution in [-0.4, -0.2) is 6.29 Å². The fraction of sp³-hybridized carbons (Fsp3) is 0.222. The number of aldehydes is 1. The van der Waals surface area contributed by atoms with Gasteiger partial charge in [-0.05, 0) is 5.57 Å². The Labute approximate surface area is 60.7 Å². The van der Waals surface area contributed by atoms with Crippen molar-refractivity contribution in [3.05, 3.63) is 36.5 Å². The van der Waals surface area contributed by atoms with Crippen LogP contribution in [0.15, 0.2) is 36.5 Å². The van der Waals surface area contributed by atoms with Crippen LogP contribution >= 0.6 is 0 Å². The summed E-state index contributed by atoms with van der Waals surface area (Å²) in [4.78, 5) is 10.1. The summed E-state index contributed by atoms with van der Waals surface area (Å²) >= 11 is 0. The summed E-state index contributed by atoms with van der Waals surface area (Å²) in [7, 11) is 0. The first-order valence-corrected chi connectivity index (χ1v) is 3.32. The highest BCUT2D eigenvalue weighted by Crippen LogP contribution is 2.18. The first-order chi connectivity index (χ1) is 4.84. The third kappa shape index (κ3) is 1.44. The van der Waals surface area contributed by atoms with E-state index in [0.717, 1.165) is 11.9 Å². The zero-order chi connectivity index (χ0) is 7.40. The molecule has 0 amide bonds. The SMILES string of the molecule is C=C1C=CC=CC1CC=O. The van der Waals surface area contributed by atoms with Gasteiger partial charge in [0.2, 0.25) is 0 Å². The second kappa shape index (κ2) is 3.16. The van der Waals surface area contributed by atoms with Crippen molar-refractivity contribution < 1.29 is 4.79 Å². The minimum absolute atomic E-state index is 0.238. The lowest BCUT2D eigenvalue weighted by Gasteiger charge is -2.11. The van der Waals surface area contributed by atoms with Gasteiger partial charge in [-0.2, -0.15) is 0 Å². The van der Waals surface area contributed by atoms with E-state index in [2.05, 4.69) is 6.58 Å². The van der Waals surface area contributed by atoms with Gasteiger partial charge in [-0.1, -0.05) is 30.9 Å². The summed E-state index contributed by atoms with van der Waals surface area (Å²) in [6.45, 7) is 3.82. The Morgan fingerprint density at radius 2 is 2.40 bits per heavy atom. The molecule has 0 heterocycles. The van der Waals surface area contributed by atoms with Gasteiger partial charge < -0.3 is 4.79 Å². The predicted octanol–water partition coefficient (Wildman–Crippen LogP) is 1.87. The van der Waals surface area contributed by atoms with Gasteiger partial charge in [0.15, 0.2) is 0 Å². The van der Waals surface area contributed by atoms with Gasteiger partial charge in [0.05, 0.1) is 0 Å². The van der Waals surface area contributed by atoms with Crippen LogP contribution in [0.3, 0.4) is 0 Å². The van der Waals surface area contributed by atoms with Crippen LogP contribution in [0, 0.1) is 5.92 Å². The van der Waals surface area contributed by atoms with Gasteiger partial charge in [-0.15, -0.1) is 0 Å². The fourth-order valence-electron chi connectivity index (χ4n) is 0.958. The van der Waals surface area contributed by atoms with Crippen LogP contribution in [0.1, 0.15) is 6.42 Å². The third-order valence-electron chi connectivity index (χ3n) is 1.59. The summed E-state index contributed by atoms with van der Waals surface area (Å²) in [5.41, 5.74) is 1.02. The quantitative estimate of drug-likeness (QED) is 0.527. The van der Waals surface area contributed by atoms with Crippen molar-refractivity contribution in [3.63, 3.8) is 0 Å². The molecule has 1 heteroatoms. The van der Waals surface area contributed by atoms with E-state index >= 15 is 0 Å². The lowest BCUT2D eigenvalue weighted by molar-refractivity contribution is -0.108. The second-order valence-corrected chi connectivity index (χ2v) is 2.33. The van der Waals surface area contributed by atoms with Crippen LogP contribution in [0.2, 0.25) is 0 Å². The standard InChI is InChI=1S/C9H10O/c1-8-4-2-3-5-9(8)6-7-10/h2-5,7,9H,1,6H2. The minimum Gasteiger partial charge on any atom is -0.303 e. The Kier molecular flexibility index (Phi) is 2.21. The Bertz CT molecular complexity index is 199. The number of rotatable bonds is 2. The molecule has 1 aliphatic carbocycles. The van der Waals surface area contributed by atoms with Crippen molar-refractivity contribution in [1.82, 2.24) is 0 Å². The fourth-order valence-corrected chi connectivity index (χ4v) is 0.958. The molecule has 0 radical (unpaired) electrons. The van der Waals surface area contributed by atoms with E-state index in [1.54, 1.807) is 0 Å². The maximum Gasteiger partial charge on any atom is 0.120 e. The van der Waals surface area contributed by atoms with Crippen LogP contribution in [-0.2, 0) is 4.79 Å². The number of carbonyl (C=O) groups excluding carboxylic acids is 1. The van der Waals surface area contributed by atoms with Gasteiger partial charge in [0.25, 0.3) is 0 Å². The van der Waals surface area contributed by atoms with Gasteiger partial charge in [0, 0.05) is 12.3 Å². The Hall–Kier alpha value is -1.11. The van der Waals surface area contributed by atoms with E-state index in [-0.39, 0.29) is 5.92 Å². The zero-order valence-electron chi connectivity index (χ0n) is 5.79. The zero-order valence-corrected chi connectivity index (χ0v) is 5.79. The number of carbonyl (C=O) groups is 1. The normalized spacial score (nSPS) is 23.2. The molecule has 0 aromatic carbocycles. The van der Waals surface area contributed by atoms with E-state index in [4.69, 9.17) is 0 Å². The highest BCUT2D eigenvalue weighted by molar-refractivity contribution is 5.52. The molecule has 0 spiro atoms. The number of hydrogen-bond donors (Lipinski definition) is 0. The first kappa shape index (κ1) is 7.00. The second-order valence-electron chi connectivity index (χ2n) is 2.33. The highest BCUT2D eigenvalue weighted by atomic mass is 16.1. The van der Waals surface area contributed by atoms with Crippen molar-refractivity contribution in [3.8, 4) is 0 Å². The maximum atomic E-state index is 10.1. The summed E-state index contributed by atoms with van der Waals surface area (Å²) in [5.74, 6) is 0.238. The van der Waals surface area contributed by atoms with Crippen molar-refractivity contribution >= 4 is 6.29 Å². The van der Waals surface area contributed by atoms with Crippen LogP contribution in [0.4, 0.5) is 0 Å². The average Bonchev–Trinajstić information content (AvgIpc) is 1.94. The van der Waals surface area contributed by atoms with E-state index in [1.165, 1.54) is 0 Å². The molecule has 0 aromatic rings. The highest BCUT2D eigenvalue weighted by Gasteiger charge is 2.06. The Balaban J connectivity index is 2.60. The van der Waals surface area contributed by atoms with Crippen molar-refractivity contribution in [2.75, 3.05) is 0 Å². The molecule has 0 aromatic heterocycles. The molecule has 1 rings (SSSR count). The van der Waals surface area contributed by atoms with Crippen LogP contribution in [0.5, 0.6) is 0 Å². The molecule has 1 atom stereocenters. The monoisotopic (exact) mass is 134 g/mol. The molecule has 1 nitrogen and oxygen atoms in total. The molecular weight excluding hydrogens is 124 g/mol. The molecular formula is C9H10O. The van der Waals surface area contributed by atoms with Gasteiger partial charge in [-0.3, -0.25) is 0 Å². The summed E-state index contributed by atoms with van der Waals surface area (Å²) < 4.78 is 0. The van der Waals surface area contributed by atoms with E-state index < -0.39 is 0 Å². The molecule has 1 unspecified atom stereocenters. The van der Waals surface area contributed by atoms with Crippen molar-refractivity contribution in [2.45, 2.75) is 6.42 Å². The lowest BCUT2D eigenvalue weighted by atomic mass is 9.94. The molecule has 10 heavy (non-hydrogen) atoms. The molecule has 0 fully saturated rings. The smallest absolute Gasteiger partial charge is 0.120 e.